The second kappa shape index (κ2) is 5.42. The first-order valence-electron chi connectivity index (χ1n) is 5.19. The lowest BCUT2D eigenvalue weighted by Gasteiger charge is -1.99. The Kier molecular flexibility index (Phi) is 3.91. The molecule has 2 rings (SSSR count). The largest absolute Gasteiger partial charge is 0.288 e. The molecule has 2 aromatic heterocycles. The van der Waals surface area contributed by atoms with E-state index >= 15 is 0 Å². The first-order valence-corrected chi connectivity index (χ1v) is 6.87. The Morgan fingerprint density at radius 2 is 2.47 bits per heavy atom. The zero-order valence-electron chi connectivity index (χ0n) is 9.26. The maximum Gasteiger partial charge on any atom is 0.195 e. The van der Waals surface area contributed by atoms with Crippen LogP contribution in [0.1, 0.15) is 22.3 Å². The Labute approximate surface area is 112 Å². The van der Waals surface area contributed by atoms with Gasteiger partial charge in [-0.1, -0.05) is 6.07 Å². The monoisotopic (exact) mass is 310 g/mol. The van der Waals surface area contributed by atoms with Crippen molar-refractivity contribution in [2.24, 2.45) is 0 Å². The van der Waals surface area contributed by atoms with Gasteiger partial charge in [-0.05, 0) is 46.5 Å². The van der Waals surface area contributed by atoms with Crippen LogP contribution in [-0.2, 0) is 6.54 Å². The number of halogens is 1. The number of hydrogen-bond donors (Lipinski definition) is 0. The lowest BCUT2D eigenvalue weighted by atomic mass is 10.2. The number of nitrogens with zero attached hydrogens (tertiary/aromatic N) is 2. The summed E-state index contributed by atoms with van der Waals surface area (Å²) >= 11 is 4.86. The van der Waals surface area contributed by atoms with E-state index in [4.69, 9.17) is 0 Å². The molecule has 0 bridgehead atoms. The minimum absolute atomic E-state index is 0.0238. The Morgan fingerprint density at radius 1 is 1.65 bits per heavy atom. The molecule has 2 aromatic rings. The van der Waals surface area contributed by atoms with Gasteiger partial charge in [0.1, 0.15) is 0 Å². The van der Waals surface area contributed by atoms with E-state index in [-0.39, 0.29) is 5.78 Å². The predicted octanol–water partition coefficient (Wildman–Crippen LogP) is 3.62. The Balaban J connectivity index is 2.20. The molecule has 0 amide bonds. The van der Waals surface area contributed by atoms with Crippen molar-refractivity contribution in [1.82, 2.24) is 9.78 Å². The highest BCUT2D eigenvalue weighted by Crippen LogP contribution is 2.18. The molecule has 0 saturated carbocycles. The minimum atomic E-state index is 0.0238. The van der Waals surface area contributed by atoms with Gasteiger partial charge in [-0.2, -0.15) is 5.10 Å². The molecule has 5 heteroatoms. The number of carbonyl (C=O) groups is 1. The second-order valence-electron chi connectivity index (χ2n) is 3.37. The molecule has 0 aromatic carbocycles. The van der Waals surface area contributed by atoms with Crippen LogP contribution in [0.4, 0.5) is 0 Å². The fourth-order valence-corrected chi connectivity index (χ4v) is 2.52. The van der Waals surface area contributed by atoms with Gasteiger partial charge in [0.05, 0.1) is 21.2 Å². The highest BCUT2D eigenvalue weighted by Gasteiger charge is 2.06. The summed E-state index contributed by atoms with van der Waals surface area (Å²) < 4.78 is 2.73. The summed E-state index contributed by atoms with van der Waals surface area (Å²) in [4.78, 5) is 12.5. The quantitative estimate of drug-likeness (QED) is 0.638. The molecular formula is C12H11BrN2OS. The highest BCUT2D eigenvalue weighted by atomic mass is 79.9. The molecule has 0 fully saturated rings. The second-order valence-corrected chi connectivity index (χ2v) is 5.17. The number of aryl methyl sites for hydroxylation is 1. The summed E-state index contributed by atoms with van der Waals surface area (Å²) in [5.41, 5.74) is 0.914. The van der Waals surface area contributed by atoms with Crippen molar-refractivity contribution in [1.29, 1.82) is 0 Å². The van der Waals surface area contributed by atoms with Crippen LogP contribution in [0, 0.1) is 0 Å². The Morgan fingerprint density at radius 3 is 3.12 bits per heavy atom. The lowest BCUT2D eigenvalue weighted by molar-refractivity contribution is 0.105. The number of allylic oxidation sites excluding steroid dienone is 1. The summed E-state index contributed by atoms with van der Waals surface area (Å²) in [6, 6.07) is 3.70. The van der Waals surface area contributed by atoms with Crippen molar-refractivity contribution < 1.29 is 4.79 Å². The third-order valence-electron chi connectivity index (χ3n) is 2.29. The number of hydrogen-bond acceptors (Lipinski definition) is 3. The third kappa shape index (κ3) is 2.73. The van der Waals surface area contributed by atoms with Gasteiger partial charge in [0.15, 0.2) is 5.78 Å². The van der Waals surface area contributed by atoms with Crippen molar-refractivity contribution in [2.75, 3.05) is 0 Å². The molecule has 0 aliphatic carbocycles. The molecule has 0 atom stereocenters. The van der Waals surface area contributed by atoms with E-state index in [1.807, 2.05) is 29.1 Å². The molecule has 0 radical (unpaired) electrons. The number of ketones is 1. The van der Waals surface area contributed by atoms with Crippen molar-refractivity contribution in [3.05, 3.63) is 44.8 Å². The van der Waals surface area contributed by atoms with Gasteiger partial charge in [0, 0.05) is 6.54 Å². The maximum atomic E-state index is 11.8. The molecule has 0 unspecified atom stereocenters. The fraction of sp³-hybridized carbons (Fsp3) is 0.167. The minimum Gasteiger partial charge on any atom is -0.288 e. The smallest absolute Gasteiger partial charge is 0.195 e. The van der Waals surface area contributed by atoms with Crippen LogP contribution in [0.25, 0.3) is 6.08 Å². The lowest BCUT2D eigenvalue weighted by Crippen LogP contribution is -1.99. The molecule has 0 spiro atoms. The average Bonchev–Trinajstić information content (AvgIpc) is 2.95. The Bertz CT molecular complexity index is 543. The Hall–Kier alpha value is -1.20. The van der Waals surface area contributed by atoms with E-state index in [0.29, 0.717) is 0 Å². The molecule has 0 aliphatic rings. The molecule has 3 nitrogen and oxygen atoms in total. The van der Waals surface area contributed by atoms with E-state index in [0.717, 1.165) is 21.6 Å². The van der Waals surface area contributed by atoms with Crippen LogP contribution in [0.15, 0.2) is 34.3 Å². The molecule has 0 N–H and O–H groups in total. The third-order valence-corrected chi connectivity index (χ3v) is 3.78. The number of aromatic nitrogens is 2. The summed E-state index contributed by atoms with van der Waals surface area (Å²) in [7, 11) is 0. The zero-order valence-corrected chi connectivity index (χ0v) is 11.7. The van der Waals surface area contributed by atoms with Crippen molar-refractivity contribution in [3.63, 3.8) is 0 Å². The summed E-state index contributed by atoms with van der Waals surface area (Å²) in [6.45, 7) is 2.79. The zero-order chi connectivity index (χ0) is 12.3. The number of rotatable bonds is 4. The molecule has 0 saturated heterocycles. The van der Waals surface area contributed by atoms with Crippen molar-refractivity contribution >= 4 is 39.1 Å². The number of carbonyl (C=O) groups excluding carboxylic acids is 1. The van der Waals surface area contributed by atoms with Gasteiger partial charge in [0.2, 0.25) is 0 Å². The SMILES string of the molecule is CCn1ncc(Br)c1/C=C/C(=O)c1cccs1. The summed E-state index contributed by atoms with van der Waals surface area (Å²) in [5, 5.41) is 6.08. The van der Waals surface area contributed by atoms with Gasteiger partial charge >= 0.3 is 0 Å². The van der Waals surface area contributed by atoms with E-state index in [2.05, 4.69) is 21.0 Å². The fourth-order valence-electron chi connectivity index (χ4n) is 1.45. The molecule has 88 valence electrons. The van der Waals surface area contributed by atoms with E-state index < -0.39 is 0 Å². The van der Waals surface area contributed by atoms with Crippen LogP contribution >= 0.6 is 27.3 Å². The van der Waals surface area contributed by atoms with Gasteiger partial charge in [-0.3, -0.25) is 9.48 Å². The maximum absolute atomic E-state index is 11.8. The first kappa shape index (κ1) is 12.3. The van der Waals surface area contributed by atoms with Crippen LogP contribution in [0.3, 0.4) is 0 Å². The van der Waals surface area contributed by atoms with E-state index in [1.165, 1.54) is 11.3 Å². The highest BCUT2D eigenvalue weighted by molar-refractivity contribution is 9.10. The van der Waals surface area contributed by atoms with Gasteiger partial charge in [-0.25, -0.2) is 0 Å². The van der Waals surface area contributed by atoms with E-state index in [9.17, 15) is 4.79 Å². The summed E-state index contributed by atoms with van der Waals surface area (Å²) in [5.74, 6) is 0.0238. The number of thiophene rings is 1. The van der Waals surface area contributed by atoms with Gasteiger partial charge in [0.25, 0.3) is 0 Å². The van der Waals surface area contributed by atoms with Crippen molar-refractivity contribution in [2.45, 2.75) is 13.5 Å². The molecule has 17 heavy (non-hydrogen) atoms. The molecule has 2 heterocycles. The predicted molar refractivity (Wildman–Crippen MR) is 73.3 cm³/mol. The topological polar surface area (TPSA) is 34.9 Å². The van der Waals surface area contributed by atoms with Gasteiger partial charge in [-0.15, -0.1) is 11.3 Å². The first-order chi connectivity index (χ1) is 8.22. The van der Waals surface area contributed by atoms with E-state index in [1.54, 1.807) is 18.3 Å². The van der Waals surface area contributed by atoms with Gasteiger partial charge < -0.3 is 0 Å². The van der Waals surface area contributed by atoms with Crippen molar-refractivity contribution in [3.8, 4) is 0 Å². The summed E-state index contributed by atoms with van der Waals surface area (Å²) in [6.07, 6.45) is 5.11. The van der Waals surface area contributed by atoms with Crippen LogP contribution in [0.5, 0.6) is 0 Å². The van der Waals surface area contributed by atoms with Crippen LogP contribution in [-0.4, -0.2) is 15.6 Å². The standard InChI is InChI=1S/C12H11BrN2OS/c1-2-15-10(9(13)8-14-15)5-6-11(16)12-4-3-7-17-12/h3-8H,2H2,1H3/b6-5+. The molecule has 0 aliphatic heterocycles. The normalized spacial score (nSPS) is 11.2. The van der Waals surface area contributed by atoms with Crippen LogP contribution in [0.2, 0.25) is 0 Å². The van der Waals surface area contributed by atoms with Crippen LogP contribution < -0.4 is 0 Å². The average molecular weight is 311 g/mol. The molecular weight excluding hydrogens is 300 g/mol.